The summed E-state index contributed by atoms with van der Waals surface area (Å²) in [6.07, 6.45) is 3.44. The Kier molecular flexibility index (Phi) is 4.90. The zero-order valence-electron chi connectivity index (χ0n) is 13.3. The van der Waals surface area contributed by atoms with Crippen LogP contribution in [0.3, 0.4) is 0 Å². The molecule has 4 heteroatoms. The lowest BCUT2D eigenvalue weighted by atomic mass is 9.85. The van der Waals surface area contributed by atoms with Crippen LogP contribution in [0.1, 0.15) is 40.5 Å². The van der Waals surface area contributed by atoms with Crippen LogP contribution in [0, 0.1) is 11.8 Å². The first-order valence-electron chi connectivity index (χ1n) is 7.58. The quantitative estimate of drug-likeness (QED) is 0.792. The highest BCUT2D eigenvalue weighted by Crippen LogP contribution is 2.43. The van der Waals surface area contributed by atoms with Crippen molar-refractivity contribution >= 4 is 0 Å². The Bertz CT molecular complexity index is 355. The van der Waals surface area contributed by atoms with Gasteiger partial charge >= 0.3 is 0 Å². The molecule has 1 aliphatic carbocycles. The summed E-state index contributed by atoms with van der Waals surface area (Å²) in [4.78, 5) is 0. The first-order chi connectivity index (χ1) is 9.38. The number of methoxy groups -OCH3 is 1. The standard InChI is InChI=1S/C16H28O4/c1-10-6-11(2)15(17)14(9-18-5)16(8-10)19-12(3)7-13(4)20-16/h6,11-15,17H,7-9H2,1-5H3/t11-,12-,13+,14+,15+,16?/m1/s1. The van der Waals surface area contributed by atoms with E-state index in [1.807, 2.05) is 6.92 Å². The average Bonchev–Trinajstić information content (AvgIpc) is 2.39. The normalized spacial score (nSPS) is 46.1. The zero-order valence-corrected chi connectivity index (χ0v) is 13.3. The van der Waals surface area contributed by atoms with Crippen LogP contribution in [0.5, 0.6) is 0 Å². The second kappa shape index (κ2) is 6.14. The summed E-state index contributed by atoms with van der Waals surface area (Å²) in [7, 11) is 1.66. The minimum atomic E-state index is -0.766. The summed E-state index contributed by atoms with van der Waals surface area (Å²) in [6.45, 7) is 8.70. The topological polar surface area (TPSA) is 47.9 Å². The molecule has 20 heavy (non-hydrogen) atoms. The van der Waals surface area contributed by atoms with E-state index < -0.39 is 11.9 Å². The van der Waals surface area contributed by atoms with Crippen LogP contribution >= 0.6 is 0 Å². The Balaban J connectivity index is 2.36. The molecule has 116 valence electrons. The van der Waals surface area contributed by atoms with Gasteiger partial charge in [-0.25, -0.2) is 0 Å². The molecule has 0 saturated carbocycles. The Morgan fingerprint density at radius 2 is 1.90 bits per heavy atom. The fourth-order valence-corrected chi connectivity index (χ4v) is 3.69. The number of aliphatic hydroxyl groups is 1. The van der Waals surface area contributed by atoms with Crippen molar-refractivity contribution in [2.24, 2.45) is 11.8 Å². The molecule has 0 aromatic rings. The predicted molar refractivity (Wildman–Crippen MR) is 77.4 cm³/mol. The van der Waals surface area contributed by atoms with Crippen LogP contribution in [0.15, 0.2) is 11.6 Å². The number of hydrogen-bond donors (Lipinski definition) is 1. The molecule has 1 aliphatic heterocycles. The first-order valence-corrected chi connectivity index (χ1v) is 7.58. The maximum absolute atomic E-state index is 10.7. The Morgan fingerprint density at radius 3 is 2.45 bits per heavy atom. The summed E-state index contributed by atoms with van der Waals surface area (Å²) >= 11 is 0. The molecule has 6 atom stereocenters. The van der Waals surface area contributed by atoms with Gasteiger partial charge in [-0.1, -0.05) is 18.6 Å². The summed E-state index contributed by atoms with van der Waals surface area (Å²) < 4.78 is 17.8. The lowest BCUT2D eigenvalue weighted by Gasteiger charge is -2.48. The highest BCUT2D eigenvalue weighted by molar-refractivity contribution is 5.12. The molecule has 0 radical (unpaired) electrons. The molecule has 1 saturated heterocycles. The Morgan fingerprint density at radius 1 is 1.30 bits per heavy atom. The van der Waals surface area contributed by atoms with Gasteiger partial charge in [-0.2, -0.15) is 0 Å². The fourth-order valence-electron chi connectivity index (χ4n) is 3.69. The van der Waals surface area contributed by atoms with Crippen molar-refractivity contribution in [2.45, 2.75) is 64.6 Å². The van der Waals surface area contributed by atoms with Gasteiger partial charge in [-0.3, -0.25) is 0 Å². The van der Waals surface area contributed by atoms with E-state index in [1.165, 1.54) is 5.57 Å². The van der Waals surface area contributed by atoms with E-state index >= 15 is 0 Å². The third-order valence-corrected chi connectivity index (χ3v) is 4.40. The van der Waals surface area contributed by atoms with Gasteiger partial charge in [0.05, 0.1) is 30.8 Å². The minimum absolute atomic E-state index is 0.0780. The van der Waals surface area contributed by atoms with Crippen molar-refractivity contribution in [3.63, 3.8) is 0 Å². The van der Waals surface area contributed by atoms with Crippen LogP contribution in [0.4, 0.5) is 0 Å². The van der Waals surface area contributed by atoms with E-state index in [1.54, 1.807) is 7.11 Å². The molecular formula is C16H28O4. The molecule has 1 unspecified atom stereocenters. The maximum atomic E-state index is 10.7. The highest BCUT2D eigenvalue weighted by atomic mass is 16.7. The van der Waals surface area contributed by atoms with Gasteiger partial charge < -0.3 is 19.3 Å². The number of rotatable bonds is 2. The maximum Gasteiger partial charge on any atom is 0.180 e. The number of ether oxygens (including phenoxy) is 3. The largest absolute Gasteiger partial charge is 0.392 e. The molecular weight excluding hydrogens is 256 g/mol. The van der Waals surface area contributed by atoms with Crippen molar-refractivity contribution in [1.29, 1.82) is 0 Å². The summed E-state index contributed by atoms with van der Waals surface area (Å²) in [5, 5.41) is 10.7. The minimum Gasteiger partial charge on any atom is -0.392 e. The molecule has 2 rings (SSSR count). The fraction of sp³-hybridized carbons (Fsp3) is 0.875. The van der Waals surface area contributed by atoms with Gasteiger partial charge in [0.1, 0.15) is 0 Å². The molecule has 1 heterocycles. The molecule has 0 amide bonds. The Labute approximate surface area is 122 Å². The molecule has 0 aromatic carbocycles. The first kappa shape index (κ1) is 16.0. The van der Waals surface area contributed by atoms with E-state index in [2.05, 4.69) is 26.8 Å². The predicted octanol–water partition coefficient (Wildman–Crippen LogP) is 2.51. The van der Waals surface area contributed by atoms with E-state index in [9.17, 15) is 5.11 Å². The molecule has 2 aliphatic rings. The van der Waals surface area contributed by atoms with E-state index in [4.69, 9.17) is 14.2 Å². The number of hydrogen-bond acceptors (Lipinski definition) is 4. The smallest absolute Gasteiger partial charge is 0.180 e. The second-order valence-corrected chi connectivity index (χ2v) is 6.51. The monoisotopic (exact) mass is 284 g/mol. The van der Waals surface area contributed by atoms with Gasteiger partial charge in [0, 0.05) is 19.4 Å². The van der Waals surface area contributed by atoms with E-state index in [0.29, 0.717) is 13.0 Å². The Hall–Kier alpha value is -0.420. The summed E-state index contributed by atoms with van der Waals surface area (Å²) in [6, 6.07) is 0. The zero-order chi connectivity index (χ0) is 14.9. The van der Waals surface area contributed by atoms with Crippen molar-refractivity contribution in [3.8, 4) is 0 Å². The lowest BCUT2D eigenvalue weighted by molar-refractivity contribution is -0.347. The molecule has 0 bridgehead atoms. The van der Waals surface area contributed by atoms with Crippen molar-refractivity contribution < 1.29 is 19.3 Å². The molecule has 4 nitrogen and oxygen atoms in total. The summed E-state index contributed by atoms with van der Waals surface area (Å²) in [5.74, 6) is -0.867. The SMILES string of the molecule is COC[C@H]1[C@@H](O)[C@H](C)C=C(C)CC12O[C@H](C)C[C@H](C)O2. The van der Waals surface area contributed by atoms with Crippen LogP contribution < -0.4 is 0 Å². The van der Waals surface area contributed by atoms with Crippen molar-refractivity contribution in [1.82, 2.24) is 0 Å². The molecule has 1 spiro atoms. The second-order valence-electron chi connectivity index (χ2n) is 6.51. The lowest BCUT2D eigenvalue weighted by Crippen LogP contribution is -2.56. The van der Waals surface area contributed by atoms with E-state index in [0.717, 1.165) is 6.42 Å². The molecule has 1 fully saturated rings. The van der Waals surface area contributed by atoms with Crippen LogP contribution in [0.25, 0.3) is 0 Å². The summed E-state index contributed by atoms with van der Waals surface area (Å²) in [5.41, 5.74) is 1.21. The van der Waals surface area contributed by atoms with Crippen LogP contribution in [0.2, 0.25) is 0 Å². The van der Waals surface area contributed by atoms with Gasteiger partial charge in [0.25, 0.3) is 0 Å². The van der Waals surface area contributed by atoms with Crippen LogP contribution in [-0.4, -0.2) is 42.9 Å². The van der Waals surface area contributed by atoms with Crippen molar-refractivity contribution in [3.05, 3.63) is 11.6 Å². The third kappa shape index (κ3) is 3.08. The van der Waals surface area contributed by atoms with Crippen molar-refractivity contribution in [2.75, 3.05) is 13.7 Å². The molecule has 0 aromatic heterocycles. The number of aliphatic hydroxyl groups excluding tert-OH is 1. The van der Waals surface area contributed by atoms with Gasteiger partial charge in [0.2, 0.25) is 0 Å². The van der Waals surface area contributed by atoms with Crippen LogP contribution in [-0.2, 0) is 14.2 Å². The van der Waals surface area contributed by atoms with Gasteiger partial charge in [-0.15, -0.1) is 0 Å². The van der Waals surface area contributed by atoms with Gasteiger partial charge in [-0.05, 0) is 27.2 Å². The van der Waals surface area contributed by atoms with Gasteiger partial charge in [0.15, 0.2) is 5.79 Å². The average molecular weight is 284 g/mol. The molecule has 1 N–H and O–H groups in total. The van der Waals surface area contributed by atoms with E-state index in [-0.39, 0.29) is 24.0 Å². The highest BCUT2D eigenvalue weighted by Gasteiger charge is 2.51. The third-order valence-electron chi connectivity index (χ3n) is 4.40.